The number of hydrogen-bond donors (Lipinski definition) is 0. The van der Waals surface area contributed by atoms with Gasteiger partial charge in [0.2, 0.25) is 0 Å². The minimum absolute atomic E-state index is 0.208. The van der Waals surface area contributed by atoms with Crippen LogP contribution < -0.4 is 0 Å². The zero-order chi connectivity index (χ0) is 18.7. The van der Waals surface area contributed by atoms with Gasteiger partial charge in [0.15, 0.2) is 6.61 Å². The molecule has 0 radical (unpaired) electrons. The van der Waals surface area contributed by atoms with Crippen LogP contribution in [0.1, 0.15) is 48.0 Å². The first-order chi connectivity index (χ1) is 12.5. The molecule has 1 aliphatic heterocycles. The van der Waals surface area contributed by atoms with Crippen LogP contribution in [0.2, 0.25) is 0 Å². The molecule has 0 unspecified atom stereocenters. The fraction of sp³-hybridized carbons (Fsp3) is 0.450. The highest BCUT2D eigenvalue weighted by Crippen LogP contribution is 2.30. The van der Waals surface area contributed by atoms with Crippen molar-refractivity contribution in [3.63, 3.8) is 0 Å². The molecule has 1 aromatic rings. The predicted molar refractivity (Wildman–Crippen MR) is 97.1 cm³/mol. The third-order valence-corrected chi connectivity index (χ3v) is 5.20. The lowest BCUT2D eigenvalue weighted by molar-refractivity contribution is -0.152. The van der Waals surface area contributed by atoms with Crippen LogP contribution in [0.4, 0.5) is 0 Å². The molecule has 0 N–H and O–H groups in total. The lowest BCUT2D eigenvalue weighted by atomic mass is 9.94. The number of carbonyl (C=O) groups excluding carboxylic acids is 3. The van der Waals surface area contributed by atoms with Gasteiger partial charge in [-0.1, -0.05) is 44.0 Å². The van der Waals surface area contributed by atoms with Crippen molar-refractivity contribution in [1.82, 2.24) is 9.80 Å². The fourth-order valence-electron chi connectivity index (χ4n) is 3.59. The zero-order valence-electron chi connectivity index (χ0n) is 15.1. The zero-order valence-corrected chi connectivity index (χ0v) is 15.1. The molecule has 6 nitrogen and oxygen atoms in total. The maximum absolute atomic E-state index is 12.4. The van der Waals surface area contributed by atoms with Crippen LogP contribution in [-0.2, 0) is 14.3 Å². The molecule has 2 amide bonds. The smallest absolute Gasteiger partial charge is 0.326 e. The number of benzene rings is 1. The summed E-state index contributed by atoms with van der Waals surface area (Å²) in [5.41, 5.74) is 1.73. The van der Waals surface area contributed by atoms with E-state index >= 15 is 0 Å². The minimum atomic E-state index is -0.613. The van der Waals surface area contributed by atoms with Crippen LogP contribution in [0.5, 0.6) is 0 Å². The van der Waals surface area contributed by atoms with Gasteiger partial charge in [-0.15, -0.1) is 0 Å². The lowest BCUT2D eigenvalue weighted by Gasteiger charge is -2.31. The van der Waals surface area contributed by atoms with Crippen molar-refractivity contribution in [3.05, 3.63) is 42.0 Å². The number of esters is 1. The van der Waals surface area contributed by atoms with Crippen molar-refractivity contribution in [2.45, 2.75) is 38.1 Å². The predicted octanol–water partition coefficient (Wildman–Crippen LogP) is 2.45. The lowest BCUT2D eigenvalue weighted by Crippen LogP contribution is -2.41. The van der Waals surface area contributed by atoms with Gasteiger partial charge in [-0.25, -0.2) is 0 Å². The van der Waals surface area contributed by atoms with Gasteiger partial charge in [-0.05, 0) is 18.9 Å². The average molecular weight is 356 g/mol. The summed E-state index contributed by atoms with van der Waals surface area (Å²) in [7, 11) is 1.76. The second kappa shape index (κ2) is 7.72. The molecular formula is C20H24N2O4. The summed E-state index contributed by atoms with van der Waals surface area (Å²) in [6, 6.07) is 7.31. The van der Waals surface area contributed by atoms with Crippen molar-refractivity contribution in [2.75, 3.05) is 20.2 Å². The molecule has 1 saturated carbocycles. The molecule has 26 heavy (non-hydrogen) atoms. The van der Waals surface area contributed by atoms with E-state index in [4.69, 9.17) is 4.74 Å². The quantitative estimate of drug-likeness (QED) is 0.760. The van der Waals surface area contributed by atoms with Gasteiger partial charge in [0.05, 0.1) is 0 Å². The van der Waals surface area contributed by atoms with Gasteiger partial charge in [0.25, 0.3) is 11.8 Å². The third kappa shape index (κ3) is 3.64. The Morgan fingerprint density at radius 1 is 1.19 bits per heavy atom. The highest BCUT2D eigenvalue weighted by atomic mass is 16.5. The van der Waals surface area contributed by atoms with Gasteiger partial charge in [0.1, 0.15) is 6.54 Å². The first-order valence-electron chi connectivity index (χ1n) is 9.00. The Morgan fingerprint density at radius 2 is 1.85 bits per heavy atom. The molecule has 6 heteroatoms. The normalized spacial score (nSPS) is 17.2. The molecule has 138 valence electrons. The number of hydrogen-bond acceptors (Lipinski definition) is 4. The van der Waals surface area contributed by atoms with Gasteiger partial charge in [-0.2, -0.15) is 0 Å². The van der Waals surface area contributed by atoms with E-state index in [9.17, 15) is 14.4 Å². The highest BCUT2D eigenvalue weighted by Gasteiger charge is 2.32. The van der Waals surface area contributed by atoms with E-state index in [1.807, 2.05) is 6.07 Å². The fourth-order valence-corrected chi connectivity index (χ4v) is 3.59. The summed E-state index contributed by atoms with van der Waals surface area (Å²) < 4.78 is 5.11. The van der Waals surface area contributed by atoms with E-state index in [0.29, 0.717) is 11.3 Å². The molecule has 0 aromatic heterocycles. The first kappa shape index (κ1) is 18.2. The van der Waals surface area contributed by atoms with Crippen molar-refractivity contribution < 1.29 is 19.1 Å². The van der Waals surface area contributed by atoms with E-state index in [-0.39, 0.29) is 31.0 Å². The molecule has 0 atom stereocenters. The summed E-state index contributed by atoms with van der Waals surface area (Å²) in [5, 5.41) is 0. The molecule has 1 heterocycles. The van der Waals surface area contributed by atoms with Crippen molar-refractivity contribution in [1.29, 1.82) is 0 Å². The number of fused-ring (bicyclic) bond motifs is 1. The Labute approximate surface area is 153 Å². The largest absolute Gasteiger partial charge is 0.454 e. The summed E-state index contributed by atoms with van der Waals surface area (Å²) >= 11 is 0. The second-order valence-electron chi connectivity index (χ2n) is 6.84. The van der Waals surface area contributed by atoms with E-state index in [1.165, 1.54) is 11.3 Å². The van der Waals surface area contributed by atoms with E-state index in [0.717, 1.165) is 31.2 Å². The number of carbonyl (C=O) groups is 3. The molecule has 0 bridgehead atoms. The van der Waals surface area contributed by atoms with Crippen LogP contribution in [0.15, 0.2) is 30.8 Å². The van der Waals surface area contributed by atoms with Crippen LogP contribution in [-0.4, -0.2) is 53.8 Å². The van der Waals surface area contributed by atoms with E-state index in [1.54, 1.807) is 30.1 Å². The first-order valence-corrected chi connectivity index (χ1v) is 9.00. The maximum atomic E-state index is 12.4. The maximum Gasteiger partial charge on any atom is 0.326 e. The van der Waals surface area contributed by atoms with Gasteiger partial charge < -0.3 is 9.64 Å². The Morgan fingerprint density at radius 3 is 2.50 bits per heavy atom. The summed E-state index contributed by atoms with van der Waals surface area (Å²) in [6.45, 7) is 3.35. The third-order valence-electron chi connectivity index (χ3n) is 5.20. The number of ether oxygens (including phenoxy) is 1. The molecule has 0 spiro atoms. The highest BCUT2D eigenvalue weighted by molar-refractivity contribution is 6.10. The molecule has 2 aliphatic rings. The topological polar surface area (TPSA) is 66.9 Å². The summed E-state index contributed by atoms with van der Waals surface area (Å²) in [6.07, 6.45) is 5.46. The van der Waals surface area contributed by atoms with Gasteiger partial charge in [-0.3, -0.25) is 19.3 Å². The molecule has 1 aromatic carbocycles. The van der Waals surface area contributed by atoms with Crippen molar-refractivity contribution in [2.24, 2.45) is 0 Å². The van der Waals surface area contributed by atoms with Crippen LogP contribution >= 0.6 is 0 Å². The molecular weight excluding hydrogens is 332 g/mol. The van der Waals surface area contributed by atoms with Gasteiger partial charge >= 0.3 is 5.97 Å². The molecule has 3 rings (SSSR count). The Bertz CT molecular complexity index is 702. The second-order valence-corrected chi connectivity index (χ2v) is 6.84. The number of likely N-dealkylation sites (N-methyl/N-ethyl adjacent to an activating group) is 1. The van der Waals surface area contributed by atoms with Crippen LogP contribution in [0.3, 0.4) is 0 Å². The van der Waals surface area contributed by atoms with E-state index in [2.05, 4.69) is 6.58 Å². The van der Waals surface area contributed by atoms with Crippen LogP contribution in [0.25, 0.3) is 5.70 Å². The molecule has 0 saturated heterocycles. The number of amides is 2. The minimum Gasteiger partial charge on any atom is -0.454 e. The van der Waals surface area contributed by atoms with E-state index < -0.39 is 5.97 Å². The Kier molecular flexibility index (Phi) is 5.40. The Balaban J connectivity index is 1.51. The van der Waals surface area contributed by atoms with Gasteiger partial charge in [0, 0.05) is 29.9 Å². The van der Waals surface area contributed by atoms with Crippen molar-refractivity contribution >= 4 is 23.5 Å². The van der Waals surface area contributed by atoms with Crippen LogP contribution in [0, 0.1) is 0 Å². The summed E-state index contributed by atoms with van der Waals surface area (Å²) in [4.78, 5) is 39.7. The molecule has 1 fully saturated rings. The summed E-state index contributed by atoms with van der Waals surface area (Å²) in [5.74, 6) is -1.09. The molecule has 1 aliphatic carbocycles. The number of rotatable bonds is 5. The number of nitrogens with zero attached hydrogens (tertiary/aromatic N) is 2. The monoisotopic (exact) mass is 356 g/mol. The average Bonchev–Trinajstić information content (AvgIpc) is 2.91. The standard InChI is InChI=1S/C20H24N2O4/c1-14-16-10-6-7-11-17(16)20(25)22(14)12-19(24)26-13-18(23)21(2)15-8-4-3-5-9-15/h6-7,10-11,15H,1,3-5,8-9,12-13H2,2H3. The SMILES string of the molecule is C=C1c2ccccc2C(=O)N1CC(=O)OCC(=O)N(C)C1CCCCC1. The Hall–Kier alpha value is -2.63. The van der Waals surface area contributed by atoms with Crippen molar-refractivity contribution in [3.8, 4) is 0 Å².